The van der Waals surface area contributed by atoms with E-state index in [9.17, 15) is 8.42 Å². The van der Waals surface area contributed by atoms with Gasteiger partial charge in [0, 0.05) is 11.8 Å². The molecule has 1 N–H and O–H groups in total. The highest BCUT2D eigenvalue weighted by atomic mass is 32.2. The third-order valence-electron chi connectivity index (χ3n) is 2.20. The van der Waals surface area contributed by atoms with E-state index >= 15 is 0 Å². The van der Waals surface area contributed by atoms with Gasteiger partial charge >= 0.3 is 0 Å². The number of sulfone groups is 1. The molecular formula is C8H19NO2S. The van der Waals surface area contributed by atoms with Crippen molar-refractivity contribution in [1.82, 2.24) is 5.32 Å². The Morgan fingerprint density at radius 3 is 2.08 bits per heavy atom. The molecule has 0 fully saturated rings. The SMILES string of the molecule is CCNC(C)C(C)S(=O)(=O)CC. The number of hydrogen-bond acceptors (Lipinski definition) is 3. The second-order valence-corrected chi connectivity index (χ2v) is 5.65. The van der Waals surface area contributed by atoms with Crippen molar-refractivity contribution in [3.63, 3.8) is 0 Å². The maximum atomic E-state index is 11.4. The lowest BCUT2D eigenvalue weighted by molar-refractivity contribution is 0.521. The van der Waals surface area contributed by atoms with Gasteiger partial charge in [0.2, 0.25) is 0 Å². The molecule has 0 aliphatic carbocycles. The maximum Gasteiger partial charge on any atom is 0.154 e. The first-order valence-electron chi connectivity index (χ1n) is 4.40. The standard InChI is InChI=1S/C8H19NO2S/c1-5-9-7(3)8(4)12(10,11)6-2/h7-9H,5-6H2,1-4H3. The van der Waals surface area contributed by atoms with E-state index in [1.165, 1.54) is 0 Å². The predicted molar refractivity (Wildman–Crippen MR) is 52.1 cm³/mol. The van der Waals surface area contributed by atoms with Crippen LogP contribution in [0.2, 0.25) is 0 Å². The van der Waals surface area contributed by atoms with Gasteiger partial charge in [-0.25, -0.2) is 8.42 Å². The Kier molecular flexibility index (Phi) is 4.78. The molecule has 4 heteroatoms. The molecule has 0 aliphatic heterocycles. The minimum Gasteiger partial charge on any atom is -0.313 e. The molecule has 74 valence electrons. The number of hydrogen-bond donors (Lipinski definition) is 1. The average molecular weight is 193 g/mol. The van der Waals surface area contributed by atoms with E-state index in [2.05, 4.69) is 5.32 Å². The molecule has 0 amide bonds. The van der Waals surface area contributed by atoms with Crippen LogP contribution in [0.15, 0.2) is 0 Å². The van der Waals surface area contributed by atoms with Gasteiger partial charge in [-0.1, -0.05) is 13.8 Å². The van der Waals surface area contributed by atoms with E-state index in [1.54, 1.807) is 13.8 Å². The van der Waals surface area contributed by atoms with Gasteiger partial charge in [-0.05, 0) is 20.4 Å². The highest BCUT2D eigenvalue weighted by Crippen LogP contribution is 2.06. The van der Waals surface area contributed by atoms with Crippen LogP contribution in [0.25, 0.3) is 0 Å². The van der Waals surface area contributed by atoms with E-state index in [0.717, 1.165) is 6.54 Å². The Hall–Kier alpha value is -0.0900. The summed E-state index contributed by atoms with van der Waals surface area (Å²) in [7, 11) is -2.88. The molecule has 0 radical (unpaired) electrons. The van der Waals surface area contributed by atoms with Crippen LogP contribution in [0.4, 0.5) is 0 Å². The molecule has 0 aliphatic rings. The molecule has 0 aromatic rings. The zero-order valence-electron chi connectivity index (χ0n) is 8.29. The third kappa shape index (κ3) is 3.11. The minimum absolute atomic E-state index is 0.0416. The first-order valence-corrected chi connectivity index (χ1v) is 6.12. The van der Waals surface area contributed by atoms with Crippen molar-refractivity contribution in [2.45, 2.75) is 39.0 Å². The fourth-order valence-electron chi connectivity index (χ4n) is 1.06. The van der Waals surface area contributed by atoms with E-state index in [4.69, 9.17) is 0 Å². The highest BCUT2D eigenvalue weighted by molar-refractivity contribution is 7.92. The monoisotopic (exact) mass is 193 g/mol. The summed E-state index contributed by atoms with van der Waals surface area (Å²) in [6.07, 6.45) is 0. The molecular weight excluding hydrogens is 174 g/mol. The van der Waals surface area contributed by atoms with Crippen molar-refractivity contribution < 1.29 is 8.42 Å². The molecule has 0 bridgehead atoms. The minimum atomic E-state index is -2.88. The van der Waals surface area contributed by atoms with Crippen molar-refractivity contribution in [3.05, 3.63) is 0 Å². The maximum absolute atomic E-state index is 11.4. The van der Waals surface area contributed by atoms with Gasteiger partial charge in [-0.2, -0.15) is 0 Å². The highest BCUT2D eigenvalue weighted by Gasteiger charge is 2.23. The summed E-state index contributed by atoms with van der Waals surface area (Å²) in [5, 5.41) is 2.82. The van der Waals surface area contributed by atoms with E-state index in [-0.39, 0.29) is 17.0 Å². The zero-order chi connectivity index (χ0) is 9.78. The smallest absolute Gasteiger partial charge is 0.154 e. The zero-order valence-corrected chi connectivity index (χ0v) is 9.11. The Morgan fingerprint density at radius 1 is 1.25 bits per heavy atom. The molecule has 12 heavy (non-hydrogen) atoms. The van der Waals surface area contributed by atoms with Crippen LogP contribution in [0.3, 0.4) is 0 Å². The third-order valence-corrected chi connectivity index (χ3v) is 4.54. The van der Waals surface area contributed by atoms with E-state index in [1.807, 2.05) is 13.8 Å². The van der Waals surface area contributed by atoms with Crippen molar-refractivity contribution in [2.75, 3.05) is 12.3 Å². The molecule has 3 nitrogen and oxygen atoms in total. The summed E-state index contributed by atoms with van der Waals surface area (Å²) in [6, 6.07) is 0.0416. The van der Waals surface area contributed by atoms with Gasteiger partial charge in [0.25, 0.3) is 0 Å². The van der Waals surface area contributed by atoms with E-state index < -0.39 is 9.84 Å². The van der Waals surface area contributed by atoms with Crippen molar-refractivity contribution in [1.29, 1.82) is 0 Å². The molecule has 0 saturated carbocycles. The average Bonchev–Trinajstić information content (AvgIpc) is 2.03. The molecule has 0 aromatic carbocycles. The lowest BCUT2D eigenvalue weighted by Crippen LogP contribution is -2.40. The Labute approximate surface area is 75.5 Å². The van der Waals surface area contributed by atoms with Gasteiger partial charge in [0.05, 0.1) is 5.25 Å². The quantitative estimate of drug-likeness (QED) is 0.703. The lowest BCUT2D eigenvalue weighted by atomic mass is 10.2. The summed E-state index contributed by atoms with van der Waals surface area (Å²) in [5.41, 5.74) is 0. The molecule has 2 atom stereocenters. The normalized spacial score (nSPS) is 17.3. The van der Waals surface area contributed by atoms with E-state index in [0.29, 0.717) is 0 Å². The number of nitrogens with one attached hydrogen (secondary N) is 1. The molecule has 0 heterocycles. The summed E-state index contributed by atoms with van der Waals surface area (Å²) in [6.45, 7) is 8.13. The van der Waals surface area contributed by atoms with Crippen LogP contribution in [0.5, 0.6) is 0 Å². The Bertz CT molecular complexity index is 211. The molecule has 0 spiro atoms. The summed E-state index contributed by atoms with van der Waals surface area (Å²) < 4.78 is 22.8. The fraction of sp³-hybridized carbons (Fsp3) is 1.00. The largest absolute Gasteiger partial charge is 0.313 e. The van der Waals surface area contributed by atoms with Gasteiger partial charge in [-0.15, -0.1) is 0 Å². The second-order valence-electron chi connectivity index (χ2n) is 3.00. The van der Waals surface area contributed by atoms with Gasteiger partial charge < -0.3 is 5.32 Å². The molecule has 0 aromatic heterocycles. The van der Waals surface area contributed by atoms with Crippen molar-refractivity contribution >= 4 is 9.84 Å². The van der Waals surface area contributed by atoms with Crippen LogP contribution < -0.4 is 5.32 Å². The van der Waals surface area contributed by atoms with Crippen LogP contribution in [-0.4, -0.2) is 32.0 Å². The van der Waals surface area contributed by atoms with Crippen LogP contribution >= 0.6 is 0 Å². The molecule has 0 rings (SSSR count). The predicted octanol–water partition coefficient (Wildman–Crippen LogP) is 0.808. The Balaban J connectivity index is 4.28. The molecule has 0 saturated heterocycles. The summed E-state index contributed by atoms with van der Waals surface area (Å²) in [4.78, 5) is 0. The van der Waals surface area contributed by atoms with Crippen LogP contribution in [0.1, 0.15) is 27.7 Å². The van der Waals surface area contributed by atoms with Crippen LogP contribution in [0, 0.1) is 0 Å². The van der Waals surface area contributed by atoms with Gasteiger partial charge in [0.15, 0.2) is 9.84 Å². The first-order chi connectivity index (χ1) is 5.45. The summed E-state index contributed by atoms with van der Waals surface area (Å²) >= 11 is 0. The lowest BCUT2D eigenvalue weighted by Gasteiger charge is -2.19. The van der Waals surface area contributed by atoms with Crippen molar-refractivity contribution in [3.8, 4) is 0 Å². The fourth-order valence-corrected chi connectivity index (χ4v) is 2.31. The van der Waals surface area contributed by atoms with Gasteiger partial charge in [-0.3, -0.25) is 0 Å². The topological polar surface area (TPSA) is 46.2 Å². The summed E-state index contributed by atoms with van der Waals surface area (Å²) in [5.74, 6) is 0.226. The number of rotatable bonds is 5. The Morgan fingerprint density at radius 2 is 1.75 bits per heavy atom. The van der Waals surface area contributed by atoms with Crippen LogP contribution in [-0.2, 0) is 9.84 Å². The second kappa shape index (κ2) is 4.82. The van der Waals surface area contributed by atoms with Crippen molar-refractivity contribution in [2.24, 2.45) is 0 Å². The van der Waals surface area contributed by atoms with Gasteiger partial charge in [0.1, 0.15) is 0 Å². The molecule has 2 unspecified atom stereocenters. The first kappa shape index (κ1) is 11.9.